The summed E-state index contributed by atoms with van der Waals surface area (Å²) in [4.78, 5) is 3.59. The summed E-state index contributed by atoms with van der Waals surface area (Å²) in [5, 5.41) is 9.00. The second-order valence-electron chi connectivity index (χ2n) is 4.11. The summed E-state index contributed by atoms with van der Waals surface area (Å²) in [5.41, 5.74) is 0.157. The number of sulfonamides is 1. The molecule has 1 heterocycles. The molecule has 0 fully saturated rings. The summed E-state index contributed by atoms with van der Waals surface area (Å²) < 4.78 is 39.4. The van der Waals surface area contributed by atoms with Gasteiger partial charge in [-0.05, 0) is 43.3 Å². The molecule has 0 saturated carbocycles. The Kier molecular flexibility index (Phi) is 4.19. The Morgan fingerprint density at radius 3 is 2.52 bits per heavy atom. The molecule has 5 nitrogen and oxygen atoms in total. The maximum absolute atomic E-state index is 13.0. The average Bonchev–Trinajstić information content (AvgIpc) is 2.49. The molecular weight excluding hydrogens is 293 g/mol. The van der Waals surface area contributed by atoms with E-state index < -0.39 is 15.8 Å². The van der Waals surface area contributed by atoms with Gasteiger partial charge in [-0.15, -0.1) is 0 Å². The van der Waals surface area contributed by atoms with Crippen LogP contribution < -0.4 is 4.31 Å². The molecule has 2 aromatic rings. The van der Waals surface area contributed by atoms with E-state index in [0.717, 1.165) is 4.31 Å². The van der Waals surface area contributed by atoms with Crippen LogP contribution in [0.15, 0.2) is 47.5 Å². The molecule has 21 heavy (non-hydrogen) atoms. The average molecular weight is 305 g/mol. The molecule has 0 aliphatic rings. The number of anilines is 1. The highest BCUT2D eigenvalue weighted by Crippen LogP contribution is 2.24. The Balaban J connectivity index is 2.55. The van der Waals surface area contributed by atoms with Crippen molar-refractivity contribution < 1.29 is 12.8 Å². The number of halogens is 1. The van der Waals surface area contributed by atoms with Crippen LogP contribution >= 0.6 is 0 Å². The van der Waals surface area contributed by atoms with Gasteiger partial charge in [0.25, 0.3) is 10.0 Å². The summed E-state index contributed by atoms with van der Waals surface area (Å²) in [6.07, 6.45) is 1.35. The summed E-state index contributed by atoms with van der Waals surface area (Å²) in [7, 11) is -3.93. The van der Waals surface area contributed by atoms with Gasteiger partial charge in [-0.2, -0.15) is 5.26 Å². The van der Waals surface area contributed by atoms with Crippen LogP contribution in [0.4, 0.5) is 10.1 Å². The first kappa shape index (κ1) is 14.9. The Bertz CT molecular complexity index is 783. The zero-order valence-corrected chi connectivity index (χ0v) is 12.0. The zero-order valence-electron chi connectivity index (χ0n) is 11.2. The maximum Gasteiger partial charge on any atom is 0.267 e. The van der Waals surface area contributed by atoms with Crippen molar-refractivity contribution in [3.63, 3.8) is 0 Å². The predicted molar refractivity (Wildman–Crippen MR) is 75.6 cm³/mol. The summed E-state index contributed by atoms with van der Waals surface area (Å²) in [5.74, 6) is -0.453. The monoisotopic (exact) mass is 305 g/mol. The Labute approximate surface area is 122 Å². The normalized spacial score (nSPS) is 10.9. The van der Waals surface area contributed by atoms with Crippen LogP contribution in [0.3, 0.4) is 0 Å². The number of hydrogen-bond acceptors (Lipinski definition) is 4. The van der Waals surface area contributed by atoms with Crippen molar-refractivity contribution in [1.29, 1.82) is 5.26 Å². The van der Waals surface area contributed by atoms with Gasteiger partial charge in [-0.1, -0.05) is 0 Å². The van der Waals surface area contributed by atoms with E-state index in [1.807, 2.05) is 0 Å². The van der Waals surface area contributed by atoms with Gasteiger partial charge in [0.1, 0.15) is 16.8 Å². The molecule has 7 heteroatoms. The number of pyridine rings is 1. The van der Waals surface area contributed by atoms with Crippen molar-refractivity contribution in [1.82, 2.24) is 4.98 Å². The molecule has 0 atom stereocenters. The number of benzene rings is 1. The highest BCUT2D eigenvalue weighted by molar-refractivity contribution is 7.92. The molecule has 1 aromatic carbocycles. The van der Waals surface area contributed by atoms with Crippen molar-refractivity contribution in [3.05, 3.63) is 54.1 Å². The largest absolute Gasteiger partial charge is 0.267 e. The van der Waals surface area contributed by atoms with E-state index >= 15 is 0 Å². The topological polar surface area (TPSA) is 74.1 Å². The summed E-state index contributed by atoms with van der Waals surface area (Å²) in [6.45, 7) is 1.80. The predicted octanol–water partition coefficient (Wildman–Crippen LogP) is 2.31. The zero-order chi connectivity index (χ0) is 15.5. The SMILES string of the molecule is CCN(c1ccc(F)cc1)S(=O)(=O)c1cccnc1C#N. The van der Waals surface area contributed by atoms with Crippen molar-refractivity contribution in [3.8, 4) is 6.07 Å². The molecule has 0 saturated heterocycles. The lowest BCUT2D eigenvalue weighted by molar-refractivity contribution is 0.590. The number of nitriles is 1. The van der Waals surface area contributed by atoms with Gasteiger partial charge in [0.2, 0.25) is 0 Å². The Morgan fingerprint density at radius 1 is 1.29 bits per heavy atom. The van der Waals surface area contributed by atoms with E-state index in [-0.39, 0.29) is 17.1 Å². The third kappa shape index (κ3) is 2.85. The lowest BCUT2D eigenvalue weighted by atomic mass is 10.3. The molecule has 108 valence electrons. The molecule has 0 aliphatic heterocycles. The van der Waals surface area contributed by atoms with Crippen LogP contribution in [0.1, 0.15) is 12.6 Å². The summed E-state index contributed by atoms with van der Waals surface area (Å²) >= 11 is 0. The van der Waals surface area contributed by atoms with E-state index in [9.17, 15) is 12.8 Å². The quantitative estimate of drug-likeness (QED) is 0.868. The molecule has 0 radical (unpaired) electrons. The van der Waals surface area contributed by atoms with Gasteiger partial charge < -0.3 is 0 Å². The van der Waals surface area contributed by atoms with Crippen molar-refractivity contribution >= 4 is 15.7 Å². The Hall–Kier alpha value is -2.46. The fourth-order valence-electron chi connectivity index (χ4n) is 1.90. The number of nitrogens with zero attached hydrogens (tertiary/aromatic N) is 3. The van der Waals surface area contributed by atoms with Gasteiger partial charge in [0.15, 0.2) is 5.69 Å². The molecule has 0 unspecified atom stereocenters. The van der Waals surface area contributed by atoms with Gasteiger partial charge in [0.05, 0.1) is 5.69 Å². The molecule has 0 aliphatic carbocycles. The number of rotatable bonds is 4. The van der Waals surface area contributed by atoms with Gasteiger partial charge in [-0.3, -0.25) is 4.31 Å². The van der Waals surface area contributed by atoms with E-state index in [1.165, 1.54) is 42.6 Å². The third-order valence-corrected chi connectivity index (χ3v) is 4.78. The van der Waals surface area contributed by atoms with Gasteiger partial charge >= 0.3 is 0 Å². The van der Waals surface area contributed by atoms with Crippen LogP contribution in [0.5, 0.6) is 0 Å². The van der Waals surface area contributed by atoms with E-state index in [1.54, 1.807) is 13.0 Å². The first-order valence-electron chi connectivity index (χ1n) is 6.14. The van der Waals surface area contributed by atoms with Crippen LogP contribution in [0.2, 0.25) is 0 Å². The smallest absolute Gasteiger partial charge is 0.267 e. The minimum absolute atomic E-state index is 0.147. The number of hydrogen-bond donors (Lipinski definition) is 0. The summed E-state index contributed by atoms with van der Waals surface area (Å²) in [6, 6.07) is 9.65. The maximum atomic E-state index is 13.0. The fourth-order valence-corrected chi connectivity index (χ4v) is 3.47. The Morgan fingerprint density at radius 2 is 1.95 bits per heavy atom. The first-order valence-corrected chi connectivity index (χ1v) is 7.58. The second-order valence-corrected chi connectivity index (χ2v) is 5.94. The highest BCUT2D eigenvalue weighted by Gasteiger charge is 2.26. The first-order chi connectivity index (χ1) is 10.0. The van der Waals surface area contributed by atoms with Gasteiger partial charge in [-0.25, -0.2) is 17.8 Å². The van der Waals surface area contributed by atoms with Gasteiger partial charge in [0, 0.05) is 12.7 Å². The van der Waals surface area contributed by atoms with E-state index in [2.05, 4.69) is 4.98 Å². The van der Waals surface area contributed by atoms with Crippen molar-refractivity contribution in [2.24, 2.45) is 0 Å². The molecular formula is C14H12FN3O2S. The van der Waals surface area contributed by atoms with Crippen molar-refractivity contribution in [2.75, 3.05) is 10.8 Å². The fraction of sp³-hybridized carbons (Fsp3) is 0.143. The third-order valence-electron chi connectivity index (χ3n) is 2.85. The molecule has 0 spiro atoms. The van der Waals surface area contributed by atoms with Crippen molar-refractivity contribution in [2.45, 2.75) is 11.8 Å². The minimum Gasteiger partial charge on any atom is -0.267 e. The lowest BCUT2D eigenvalue weighted by Gasteiger charge is -2.23. The lowest BCUT2D eigenvalue weighted by Crippen LogP contribution is -2.31. The standard InChI is InChI=1S/C14H12FN3O2S/c1-2-18(12-7-5-11(15)6-8-12)21(19,20)14-4-3-9-17-13(14)10-16/h3-9H,2H2,1H3. The van der Waals surface area contributed by atoms with Crippen LogP contribution in [-0.2, 0) is 10.0 Å². The van der Waals surface area contributed by atoms with E-state index in [4.69, 9.17) is 5.26 Å². The molecule has 2 rings (SSSR count). The van der Waals surface area contributed by atoms with Crippen LogP contribution in [0, 0.1) is 17.1 Å². The highest BCUT2D eigenvalue weighted by atomic mass is 32.2. The second kappa shape index (κ2) is 5.89. The molecule has 0 amide bonds. The number of aromatic nitrogens is 1. The van der Waals surface area contributed by atoms with Crippen LogP contribution in [-0.4, -0.2) is 19.9 Å². The molecule has 1 aromatic heterocycles. The minimum atomic E-state index is -3.93. The molecule has 0 N–H and O–H groups in total. The van der Waals surface area contributed by atoms with E-state index in [0.29, 0.717) is 5.69 Å². The van der Waals surface area contributed by atoms with Crippen LogP contribution in [0.25, 0.3) is 0 Å². The molecule has 0 bridgehead atoms.